The Kier molecular flexibility index (Phi) is 6.78. The molecule has 1 spiro atoms. The molecule has 5 heterocycles. The molecule has 1 aromatic carbocycles. The van der Waals surface area contributed by atoms with Crippen LogP contribution < -0.4 is 0 Å². The fourth-order valence-corrected chi connectivity index (χ4v) is 7.19. The summed E-state index contributed by atoms with van der Waals surface area (Å²) in [5.74, 6) is -0.103. The molecule has 11 heteroatoms. The van der Waals surface area contributed by atoms with Crippen LogP contribution in [0.25, 0.3) is 10.9 Å². The van der Waals surface area contributed by atoms with Crippen LogP contribution in [0.1, 0.15) is 31.0 Å². The monoisotopic (exact) mass is 551 g/mol. The Morgan fingerprint density at radius 3 is 2.74 bits per heavy atom. The van der Waals surface area contributed by atoms with Crippen molar-refractivity contribution in [1.29, 1.82) is 0 Å². The van der Waals surface area contributed by atoms with Crippen LogP contribution in [0.3, 0.4) is 0 Å². The maximum absolute atomic E-state index is 13.8. The maximum Gasteiger partial charge on any atom is 0.240 e. The van der Waals surface area contributed by atoms with Gasteiger partial charge in [-0.1, -0.05) is 17.7 Å². The van der Waals surface area contributed by atoms with Gasteiger partial charge in [-0.15, -0.1) is 0 Å². The van der Waals surface area contributed by atoms with Crippen molar-refractivity contribution in [3.63, 3.8) is 0 Å². The van der Waals surface area contributed by atoms with Gasteiger partial charge in [0.05, 0.1) is 44.1 Å². The highest BCUT2D eigenvalue weighted by Gasteiger charge is 2.60. The number of aromatic nitrogens is 2. The molecule has 6 rings (SSSR count). The third kappa shape index (κ3) is 5.00. The minimum Gasteiger partial charge on any atom is -0.370 e. The molecule has 0 saturated carbocycles. The van der Waals surface area contributed by atoms with Crippen LogP contribution in [0.2, 0.25) is 0 Å². The first-order valence-electron chi connectivity index (χ1n) is 13.3. The second kappa shape index (κ2) is 10.1. The molecule has 3 fully saturated rings. The van der Waals surface area contributed by atoms with Gasteiger partial charge in [0, 0.05) is 37.1 Å². The Balaban J connectivity index is 1.27. The van der Waals surface area contributed by atoms with Crippen LogP contribution in [0, 0.1) is 6.92 Å². The van der Waals surface area contributed by atoms with E-state index in [-0.39, 0.29) is 38.1 Å². The average molecular weight is 552 g/mol. The topological polar surface area (TPSA) is 108 Å². The summed E-state index contributed by atoms with van der Waals surface area (Å²) in [5, 5.41) is 1.52. The molecule has 10 nitrogen and oxygen atoms in total. The number of aryl methyl sites for hydroxylation is 1. The van der Waals surface area contributed by atoms with E-state index in [0.717, 1.165) is 22.2 Å². The molecule has 2 aromatic heterocycles. The van der Waals surface area contributed by atoms with Gasteiger partial charge in [-0.3, -0.25) is 14.6 Å². The molecule has 1 N–H and O–H groups in total. The van der Waals surface area contributed by atoms with Crippen molar-refractivity contribution in [2.45, 2.75) is 49.6 Å². The molecular weight excluding hydrogens is 518 g/mol. The third-order valence-corrected chi connectivity index (χ3v) is 9.30. The number of likely N-dealkylation sites (tertiary alicyclic amines) is 1. The van der Waals surface area contributed by atoms with E-state index in [1.807, 2.05) is 54.3 Å². The number of pyridine rings is 1. The number of nitrogens with one attached hydrogen (secondary N) is 1. The molecule has 206 valence electrons. The molecule has 3 aliphatic rings. The van der Waals surface area contributed by atoms with Gasteiger partial charge >= 0.3 is 0 Å². The first-order chi connectivity index (χ1) is 18.8. The first kappa shape index (κ1) is 26.1. The average Bonchev–Trinajstić information content (AvgIpc) is 3.48. The Morgan fingerprint density at radius 2 is 2.00 bits per heavy atom. The van der Waals surface area contributed by atoms with Crippen molar-refractivity contribution in [3.8, 4) is 0 Å². The van der Waals surface area contributed by atoms with Crippen LogP contribution >= 0.6 is 0 Å². The lowest BCUT2D eigenvalue weighted by Gasteiger charge is -2.44. The van der Waals surface area contributed by atoms with E-state index in [9.17, 15) is 13.8 Å². The van der Waals surface area contributed by atoms with Crippen molar-refractivity contribution in [3.05, 3.63) is 59.9 Å². The van der Waals surface area contributed by atoms with E-state index in [0.29, 0.717) is 37.5 Å². The van der Waals surface area contributed by atoms with Crippen LogP contribution in [0.15, 0.2) is 53.7 Å². The number of fused-ring (bicyclic) bond motifs is 2. The predicted molar refractivity (Wildman–Crippen MR) is 145 cm³/mol. The van der Waals surface area contributed by atoms with Gasteiger partial charge in [-0.05, 0) is 50.1 Å². The van der Waals surface area contributed by atoms with E-state index >= 15 is 0 Å². The van der Waals surface area contributed by atoms with Gasteiger partial charge in [0.2, 0.25) is 11.8 Å². The zero-order valence-electron chi connectivity index (χ0n) is 22.2. The van der Waals surface area contributed by atoms with Crippen molar-refractivity contribution in [2.24, 2.45) is 0 Å². The van der Waals surface area contributed by atoms with E-state index < -0.39 is 22.3 Å². The highest BCUT2D eigenvalue weighted by Crippen LogP contribution is 2.43. The fraction of sp³-hybridized carbons (Fsp3) is 0.464. The van der Waals surface area contributed by atoms with Crippen molar-refractivity contribution >= 4 is 33.7 Å². The molecule has 39 heavy (non-hydrogen) atoms. The van der Waals surface area contributed by atoms with Crippen LogP contribution in [0.5, 0.6) is 0 Å². The normalized spacial score (nSPS) is 23.9. The molecule has 0 aliphatic carbocycles. The van der Waals surface area contributed by atoms with Gasteiger partial charge in [-0.2, -0.15) is 0 Å². The second-order valence-electron chi connectivity index (χ2n) is 10.8. The largest absolute Gasteiger partial charge is 0.370 e. The summed E-state index contributed by atoms with van der Waals surface area (Å²) in [6.07, 6.45) is 2.97. The summed E-state index contributed by atoms with van der Waals surface area (Å²) in [7, 11) is -1.61. The van der Waals surface area contributed by atoms with Gasteiger partial charge in [0.15, 0.2) is 5.72 Å². The number of nitrogens with zero attached hydrogens (tertiary/aromatic N) is 4. The SMILES string of the molecule is CC(=O)N1CCC2(CC1)CN1C(=O)CN(S(=O)c3cc4cc(C)ccc4[nH]3)CC1(COCc1ccccn1)O2. The molecule has 2 amide bonds. The zero-order chi connectivity index (χ0) is 27.2. The highest BCUT2D eigenvalue weighted by atomic mass is 32.2. The van der Waals surface area contributed by atoms with Gasteiger partial charge in [0.25, 0.3) is 0 Å². The van der Waals surface area contributed by atoms with Crippen molar-refractivity contribution < 1.29 is 23.3 Å². The second-order valence-corrected chi connectivity index (χ2v) is 12.3. The zero-order valence-corrected chi connectivity index (χ0v) is 23.0. The Morgan fingerprint density at radius 1 is 1.18 bits per heavy atom. The molecule has 3 aliphatic heterocycles. The van der Waals surface area contributed by atoms with Gasteiger partial charge in [0.1, 0.15) is 16.0 Å². The minimum atomic E-state index is -1.61. The van der Waals surface area contributed by atoms with E-state index in [1.165, 1.54) is 0 Å². The summed E-state index contributed by atoms with van der Waals surface area (Å²) >= 11 is 0. The number of carbonyl (C=O) groups excluding carboxylic acids is 2. The number of hydrogen-bond donors (Lipinski definition) is 1. The molecule has 0 radical (unpaired) electrons. The number of H-pyrrole nitrogens is 1. The number of amides is 2. The van der Waals surface area contributed by atoms with Crippen LogP contribution in [-0.2, 0) is 36.7 Å². The highest BCUT2D eigenvalue weighted by molar-refractivity contribution is 7.82. The number of benzene rings is 1. The maximum atomic E-state index is 13.8. The van der Waals surface area contributed by atoms with Crippen LogP contribution in [-0.4, -0.2) is 90.8 Å². The Bertz CT molecular complexity index is 1420. The minimum absolute atomic E-state index is 0.0159. The van der Waals surface area contributed by atoms with E-state index in [1.54, 1.807) is 22.3 Å². The van der Waals surface area contributed by atoms with Crippen molar-refractivity contribution in [2.75, 3.05) is 39.3 Å². The number of piperazine rings is 1. The summed E-state index contributed by atoms with van der Waals surface area (Å²) in [6, 6.07) is 13.5. The molecular formula is C28H33N5O5S. The number of rotatable bonds is 6. The first-order valence-corrected chi connectivity index (χ1v) is 14.4. The molecule has 3 saturated heterocycles. The molecule has 3 aromatic rings. The standard InChI is InChI=1S/C28H33N5O5S/c1-20-6-7-24-22(13-20)14-25(30-24)39(36)32-15-26(35)33-17-27(8-11-31(12-9-27)21(2)34)38-28(33,18-32)19-37-16-23-5-3-4-10-29-23/h3-7,10,13-14,30H,8-9,11-12,15-19H2,1-2H3. The van der Waals surface area contributed by atoms with Crippen molar-refractivity contribution in [1.82, 2.24) is 24.1 Å². The number of aromatic amines is 1. The third-order valence-electron chi connectivity index (χ3n) is 7.98. The van der Waals surface area contributed by atoms with E-state index in [4.69, 9.17) is 9.47 Å². The summed E-state index contributed by atoms with van der Waals surface area (Å²) in [5.41, 5.74) is 1.12. The predicted octanol–water partition coefficient (Wildman–Crippen LogP) is 2.36. The van der Waals surface area contributed by atoms with Crippen LogP contribution in [0.4, 0.5) is 0 Å². The molecule has 2 unspecified atom stereocenters. The number of ether oxygens (including phenoxy) is 2. The van der Waals surface area contributed by atoms with Gasteiger partial charge < -0.3 is 24.3 Å². The van der Waals surface area contributed by atoms with Gasteiger partial charge in [-0.25, -0.2) is 8.51 Å². The Labute approximate surface area is 229 Å². The summed E-state index contributed by atoms with van der Waals surface area (Å²) in [6.45, 7) is 5.81. The number of piperidine rings is 1. The molecule has 2 atom stereocenters. The van der Waals surface area contributed by atoms with E-state index in [2.05, 4.69) is 9.97 Å². The summed E-state index contributed by atoms with van der Waals surface area (Å²) < 4.78 is 28.4. The fourth-order valence-electron chi connectivity index (χ4n) is 5.94. The quantitative estimate of drug-likeness (QED) is 0.504. The smallest absolute Gasteiger partial charge is 0.240 e. The lowest BCUT2D eigenvalue weighted by molar-refractivity contribution is -0.202. The lowest BCUT2D eigenvalue weighted by Crippen LogP contribution is -2.64. The molecule has 0 bridgehead atoms. The summed E-state index contributed by atoms with van der Waals surface area (Å²) in [4.78, 5) is 36.7. The Hall–Kier alpha value is -3.12. The number of hydrogen-bond acceptors (Lipinski definition) is 6. The number of carbonyl (C=O) groups is 2. The lowest BCUT2D eigenvalue weighted by atomic mass is 9.91.